The zero-order valence-electron chi connectivity index (χ0n) is 15.3. The van der Waals surface area contributed by atoms with Crippen LogP contribution < -0.4 is 4.72 Å². The van der Waals surface area contributed by atoms with Crippen molar-refractivity contribution in [2.75, 3.05) is 13.1 Å². The molecule has 1 aliphatic heterocycles. The number of aromatic carboxylic acids is 1. The maximum atomic E-state index is 12.8. The number of nitrogens with one attached hydrogen (secondary N) is 1. The van der Waals surface area contributed by atoms with Gasteiger partial charge in [0.2, 0.25) is 10.0 Å². The summed E-state index contributed by atoms with van der Waals surface area (Å²) in [4.78, 5) is 29.4. The van der Waals surface area contributed by atoms with Gasteiger partial charge in [-0.15, -0.1) is 0 Å². The number of sulfonamides is 1. The number of carboxylic acid groups (broad SMARTS) is 1. The molecule has 1 amide bonds. The summed E-state index contributed by atoms with van der Waals surface area (Å²) in [6, 6.07) is 2.75. The Hall–Kier alpha value is -2.00. The third-order valence-corrected chi connectivity index (χ3v) is 7.25. The van der Waals surface area contributed by atoms with Crippen molar-refractivity contribution in [2.24, 2.45) is 0 Å². The van der Waals surface area contributed by atoms with Gasteiger partial charge in [0.1, 0.15) is 5.69 Å². The summed E-state index contributed by atoms with van der Waals surface area (Å²) in [5, 5.41) is 8.45. The van der Waals surface area contributed by atoms with Crippen molar-refractivity contribution in [1.82, 2.24) is 14.6 Å². The zero-order chi connectivity index (χ0) is 19.6. The first-order valence-electron chi connectivity index (χ1n) is 9.29. The molecule has 1 unspecified atom stereocenters. The van der Waals surface area contributed by atoms with Gasteiger partial charge in [-0.3, -0.25) is 4.79 Å². The average molecular weight is 395 g/mol. The second-order valence-corrected chi connectivity index (χ2v) is 9.29. The molecule has 9 heteroatoms. The van der Waals surface area contributed by atoms with Crippen LogP contribution in [0.4, 0.5) is 0 Å². The molecule has 0 radical (unpaired) electrons. The smallest absolute Gasteiger partial charge is 0.337 e. The second-order valence-electron chi connectivity index (χ2n) is 7.29. The molecule has 3 rings (SSSR count). The Bertz CT molecular complexity index is 833. The summed E-state index contributed by atoms with van der Waals surface area (Å²) >= 11 is 0. The predicted molar refractivity (Wildman–Crippen MR) is 99.2 cm³/mol. The van der Waals surface area contributed by atoms with Crippen LogP contribution in [0.1, 0.15) is 65.1 Å². The van der Waals surface area contributed by atoms with E-state index in [2.05, 4.69) is 9.71 Å². The van der Waals surface area contributed by atoms with Crippen molar-refractivity contribution in [3.8, 4) is 0 Å². The molecule has 1 atom stereocenters. The van der Waals surface area contributed by atoms with Gasteiger partial charge >= 0.3 is 5.97 Å². The topological polar surface area (TPSA) is 117 Å². The maximum absolute atomic E-state index is 12.8. The molecular formula is C18H25N3O5S. The van der Waals surface area contributed by atoms with E-state index in [-0.39, 0.29) is 35.4 Å². The van der Waals surface area contributed by atoms with Crippen molar-refractivity contribution in [1.29, 1.82) is 0 Å². The van der Waals surface area contributed by atoms with Gasteiger partial charge < -0.3 is 10.0 Å². The number of aryl methyl sites for hydroxylation is 1. The number of carbonyl (C=O) groups excluding carboxylic acids is 1. The molecule has 2 N–H and O–H groups in total. The third kappa shape index (κ3) is 4.47. The van der Waals surface area contributed by atoms with Crippen LogP contribution in [0.25, 0.3) is 0 Å². The van der Waals surface area contributed by atoms with Crippen molar-refractivity contribution < 1.29 is 23.1 Å². The molecule has 148 valence electrons. The SMILES string of the molecule is Cc1nc(C(=O)N2CCCC(S(=O)(=O)NC3CCCC3)C2)ccc1C(=O)O. The Morgan fingerprint density at radius 1 is 1.19 bits per heavy atom. The van der Waals surface area contributed by atoms with Crippen LogP contribution in [-0.2, 0) is 10.0 Å². The lowest BCUT2D eigenvalue weighted by Crippen LogP contribution is -2.50. The first kappa shape index (κ1) is 19.8. The van der Waals surface area contributed by atoms with Crippen molar-refractivity contribution in [3.05, 3.63) is 29.1 Å². The number of carboxylic acids is 1. The van der Waals surface area contributed by atoms with E-state index in [4.69, 9.17) is 5.11 Å². The van der Waals surface area contributed by atoms with Gasteiger partial charge in [0.15, 0.2) is 0 Å². The molecule has 1 saturated carbocycles. The lowest BCUT2D eigenvalue weighted by atomic mass is 10.1. The van der Waals surface area contributed by atoms with Crippen LogP contribution in [-0.4, -0.2) is 59.7 Å². The zero-order valence-corrected chi connectivity index (χ0v) is 16.2. The summed E-state index contributed by atoms with van der Waals surface area (Å²) in [6.07, 6.45) is 4.95. The predicted octanol–water partition coefficient (Wildman–Crippen LogP) is 1.55. The second kappa shape index (κ2) is 7.93. The lowest BCUT2D eigenvalue weighted by molar-refractivity contribution is 0.0688. The van der Waals surface area contributed by atoms with Crippen LogP contribution in [0.2, 0.25) is 0 Å². The number of likely N-dealkylation sites (tertiary alicyclic amines) is 1. The molecule has 8 nitrogen and oxygen atoms in total. The molecule has 2 aliphatic rings. The van der Waals surface area contributed by atoms with Gasteiger partial charge in [0.05, 0.1) is 16.5 Å². The third-order valence-electron chi connectivity index (χ3n) is 5.33. The minimum Gasteiger partial charge on any atom is -0.478 e. The quantitative estimate of drug-likeness (QED) is 0.781. The van der Waals surface area contributed by atoms with Gasteiger partial charge in [-0.2, -0.15) is 0 Å². The van der Waals surface area contributed by atoms with E-state index in [9.17, 15) is 18.0 Å². The number of rotatable bonds is 5. The van der Waals surface area contributed by atoms with E-state index < -0.39 is 21.2 Å². The molecule has 1 aliphatic carbocycles. The fourth-order valence-corrected chi connectivity index (χ4v) is 5.56. The van der Waals surface area contributed by atoms with E-state index in [1.54, 1.807) is 0 Å². The normalized spacial score (nSPS) is 21.4. The Balaban J connectivity index is 1.71. The van der Waals surface area contributed by atoms with E-state index in [1.807, 2.05) is 0 Å². The van der Waals surface area contributed by atoms with E-state index >= 15 is 0 Å². The molecular weight excluding hydrogens is 370 g/mol. The Labute approximate surface area is 159 Å². The first-order chi connectivity index (χ1) is 12.8. The van der Waals surface area contributed by atoms with Crippen LogP contribution in [0.3, 0.4) is 0 Å². The minimum atomic E-state index is -3.48. The number of amides is 1. The monoisotopic (exact) mass is 395 g/mol. The molecule has 0 aromatic carbocycles. The number of carbonyl (C=O) groups is 2. The van der Waals surface area contributed by atoms with Gasteiger partial charge in [-0.1, -0.05) is 12.8 Å². The molecule has 1 saturated heterocycles. The minimum absolute atomic E-state index is 0.00829. The van der Waals surface area contributed by atoms with E-state index in [0.29, 0.717) is 19.4 Å². The molecule has 1 aromatic rings. The Morgan fingerprint density at radius 3 is 2.52 bits per heavy atom. The van der Waals surface area contributed by atoms with Crippen LogP contribution >= 0.6 is 0 Å². The maximum Gasteiger partial charge on any atom is 0.337 e. The first-order valence-corrected chi connectivity index (χ1v) is 10.8. The van der Waals surface area contributed by atoms with Crippen LogP contribution in [0, 0.1) is 6.92 Å². The molecule has 2 fully saturated rings. The number of nitrogens with zero attached hydrogens (tertiary/aromatic N) is 2. The molecule has 27 heavy (non-hydrogen) atoms. The molecule has 0 spiro atoms. The molecule has 2 heterocycles. The van der Waals surface area contributed by atoms with Crippen molar-refractivity contribution >= 4 is 21.9 Å². The fraction of sp³-hybridized carbons (Fsp3) is 0.611. The summed E-state index contributed by atoms with van der Waals surface area (Å²) in [5.41, 5.74) is 0.447. The molecule has 1 aromatic heterocycles. The largest absolute Gasteiger partial charge is 0.478 e. The number of piperidine rings is 1. The van der Waals surface area contributed by atoms with Gasteiger partial charge in [0, 0.05) is 19.1 Å². The number of hydrogen-bond acceptors (Lipinski definition) is 5. The van der Waals surface area contributed by atoms with Crippen molar-refractivity contribution in [2.45, 2.75) is 56.7 Å². The lowest BCUT2D eigenvalue weighted by Gasteiger charge is -2.33. The highest BCUT2D eigenvalue weighted by molar-refractivity contribution is 7.90. The van der Waals surface area contributed by atoms with Crippen LogP contribution in [0.15, 0.2) is 12.1 Å². The Morgan fingerprint density at radius 2 is 1.89 bits per heavy atom. The highest BCUT2D eigenvalue weighted by Crippen LogP contribution is 2.23. The average Bonchev–Trinajstić information content (AvgIpc) is 3.13. The number of aromatic nitrogens is 1. The fourth-order valence-electron chi connectivity index (χ4n) is 3.82. The van der Waals surface area contributed by atoms with Gasteiger partial charge in [-0.05, 0) is 44.7 Å². The highest BCUT2D eigenvalue weighted by Gasteiger charge is 2.35. The molecule has 0 bridgehead atoms. The number of pyridine rings is 1. The standard InChI is InChI=1S/C18H25N3O5S/c1-12-15(18(23)24)8-9-16(19-12)17(22)21-10-4-7-14(11-21)27(25,26)20-13-5-2-3-6-13/h8-9,13-14,20H,2-7,10-11H2,1H3,(H,23,24). The summed E-state index contributed by atoms with van der Waals surface area (Å²) in [7, 11) is -3.48. The van der Waals surface area contributed by atoms with Crippen LogP contribution in [0.5, 0.6) is 0 Å². The van der Waals surface area contributed by atoms with Crippen molar-refractivity contribution in [3.63, 3.8) is 0 Å². The highest BCUT2D eigenvalue weighted by atomic mass is 32.2. The summed E-state index contributed by atoms with van der Waals surface area (Å²) < 4.78 is 28.2. The summed E-state index contributed by atoms with van der Waals surface area (Å²) in [6.45, 7) is 2.13. The van der Waals surface area contributed by atoms with Gasteiger partial charge in [-0.25, -0.2) is 22.9 Å². The Kier molecular flexibility index (Phi) is 5.81. The van der Waals surface area contributed by atoms with Gasteiger partial charge in [0.25, 0.3) is 5.91 Å². The van der Waals surface area contributed by atoms with E-state index in [1.165, 1.54) is 24.0 Å². The van der Waals surface area contributed by atoms with E-state index in [0.717, 1.165) is 25.7 Å². The number of hydrogen-bond donors (Lipinski definition) is 2. The summed E-state index contributed by atoms with van der Waals surface area (Å²) in [5.74, 6) is -1.46.